The zero-order valence-corrected chi connectivity index (χ0v) is 12.8. The van der Waals surface area contributed by atoms with Gasteiger partial charge in [-0.25, -0.2) is 9.78 Å². The molecule has 5 heteroatoms. The molecule has 0 radical (unpaired) electrons. The minimum Gasteiger partial charge on any atom is -0.338 e. The molecule has 1 fully saturated rings. The highest BCUT2D eigenvalue weighted by molar-refractivity contribution is 5.74. The Hall–Kier alpha value is -1.52. The average molecular weight is 278 g/mol. The summed E-state index contributed by atoms with van der Waals surface area (Å²) in [5, 5.41) is 3.03. The van der Waals surface area contributed by atoms with Crippen LogP contribution in [0.4, 0.5) is 4.79 Å². The Kier molecular flexibility index (Phi) is 5.04. The molecule has 0 aliphatic carbocycles. The summed E-state index contributed by atoms with van der Waals surface area (Å²) in [5.74, 6) is 2.24. The third kappa shape index (κ3) is 3.99. The molecule has 5 nitrogen and oxygen atoms in total. The number of imidazole rings is 1. The lowest BCUT2D eigenvalue weighted by atomic mass is 9.92. The van der Waals surface area contributed by atoms with Gasteiger partial charge in [0, 0.05) is 38.6 Å². The van der Waals surface area contributed by atoms with Crippen molar-refractivity contribution in [2.24, 2.45) is 11.8 Å². The van der Waals surface area contributed by atoms with Crippen LogP contribution in [0.15, 0.2) is 12.4 Å². The van der Waals surface area contributed by atoms with Crippen LogP contribution in [-0.4, -0.2) is 40.1 Å². The maximum absolute atomic E-state index is 12.1. The average Bonchev–Trinajstić information content (AvgIpc) is 2.79. The standard InChI is InChI=1S/C15H26N4O/c1-12-9-13(2)11-19(10-12)15(20)17-5-4-7-18-8-6-16-14(18)3/h6,8,12-13H,4-5,7,9-11H2,1-3H3,(H,17,20). The van der Waals surface area contributed by atoms with Crippen molar-refractivity contribution in [3.8, 4) is 0 Å². The molecule has 1 aliphatic rings. The quantitative estimate of drug-likeness (QED) is 0.859. The van der Waals surface area contributed by atoms with Crippen molar-refractivity contribution >= 4 is 6.03 Å². The van der Waals surface area contributed by atoms with Crippen LogP contribution >= 0.6 is 0 Å². The summed E-state index contributed by atoms with van der Waals surface area (Å²) in [6.45, 7) is 9.83. The molecule has 1 aromatic heterocycles. The molecule has 2 atom stereocenters. The van der Waals surface area contributed by atoms with Crippen LogP contribution in [0.25, 0.3) is 0 Å². The summed E-state index contributed by atoms with van der Waals surface area (Å²) in [4.78, 5) is 18.3. The normalized spacial score (nSPS) is 22.9. The fourth-order valence-electron chi connectivity index (χ4n) is 3.03. The van der Waals surface area contributed by atoms with Crippen molar-refractivity contribution in [3.63, 3.8) is 0 Å². The van der Waals surface area contributed by atoms with Gasteiger partial charge in [0.15, 0.2) is 0 Å². The van der Waals surface area contributed by atoms with Crippen LogP contribution in [-0.2, 0) is 6.54 Å². The summed E-state index contributed by atoms with van der Waals surface area (Å²) in [6.07, 6.45) is 5.95. The third-order valence-electron chi connectivity index (χ3n) is 3.93. The van der Waals surface area contributed by atoms with Gasteiger partial charge < -0.3 is 14.8 Å². The van der Waals surface area contributed by atoms with Crippen molar-refractivity contribution in [1.29, 1.82) is 0 Å². The number of likely N-dealkylation sites (tertiary alicyclic amines) is 1. The second kappa shape index (κ2) is 6.77. The van der Waals surface area contributed by atoms with Crippen molar-refractivity contribution in [2.45, 2.75) is 40.2 Å². The molecule has 2 amide bonds. The van der Waals surface area contributed by atoms with Crippen molar-refractivity contribution in [2.75, 3.05) is 19.6 Å². The first-order valence-corrected chi connectivity index (χ1v) is 7.56. The Morgan fingerprint density at radius 1 is 1.40 bits per heavy atom. The second-order valence-electron chi connectivity index (χ2n) is 6.10. The zero-order chi connectivity index (χ0) is 14.5. The van der Waals surface area contributed by atoms with Gasteiger partial charge in [0.2, 0.25) is 0 Å². The van der Waals surface area contributed by atoms with Gasteiger partial charge in [0.05, 0.1) is 0 Å². The Labute approximate surface area is 121 Å². The van der Waals surface area contributed by atoms with E-state index < -0.39 is 0 Å². The molecule has 2 heterocycles. The first-order valence-electron chi connectivity index (χ1n) is 7.56. The number of carbonyl (C=O) groups excluding carboxylic acids is 1. The number of amides is 2. The fourth-order valence-corrected chi connectivity index (χ4v) is 3.03. The van der Waals surface area contributed by atoms with E-state index in [-0.39, 0.29) is 6.03 Å². The molecule has 0 saturated carbocycles. The lowest BCUT2D eigenvalue weighted by molar-refractivity contribution is 0.146. The van der Waals surface area contributed by atoms with Gasteiger partial charge in [-0.15, -0.1) is 0 Å². The van der Waals surface area contributed by atoms with E-state index in [0.717, 1.165) is 38.4 Å². The lowest BCUT2D eigenvalue weighted by Crippen LogP contribution is -2.47. The van der Waals surface area contributed by atoms with Gasteiger partial charge in [-0.2, -0.15) is 0 Å². The van der Waals surface area contributed by atoms with E-state index in [4.69, 9.17) is 0 Å². The van der Waals surface area contributed by atoms with Crippen LogP contribution in [0.5, 0.6) is 0 Å². The molecule has 0 spiro atoms. The third-order valence-corrected chi connectivity index (χ3v) is 3.93. The number of aromatic nitrogens is 2. The first-order chi connectivity index (χ1) is 9.56. The Morgan fingerprint density at radius 3 is 2.70 bits per heavy atom. The molecule has 1 N–H and O–H groups in total. The SMILES string of the molecule is Cc1nccn1CCCNC(=O)N1CC(C)CC(C)C1. The predicted octanol–water partition coefficient (Wildman–Crippen LogP) is 2.27. The highest BCUT2D eigenvalue weighted by atomic mass is 16.2. The van der Waals surface area contributed by atoms with Gasteiger partial charge in [-0.3, -0.25) is 0 Å². The van der Waals surface area contributed by atoms with Crippen LogP contribution < -0.4 is 5.32 Å². The van der Waals surface area contributed by atoms with E-state index in [1.54, 1.807) is 0 Å². The number of piperidine rings is 1. The van der Waals surface area contributed by atoms with Crippen molar-refractivity contribution in [3.05, 3.63) is 18.2 Å². The smallest absolute Gasteiger partial charge is 0.317 e. The number of carbonyl (C=O) groups is 1. The second-order valence-corrected chi connectivity index (χ2v) is 6.10. The molecule has 1 aliphatic heterocycles. The van der Waals surface area contributed by atoms with E-state index in [0.29, 0.717) is 11.8 Å². The number of hydrogen-bond acceptors (Lipinski definition) is 2. The maximum atomic E-state index is 12.1. The molecule has 0 bridgehead atoms. The van der Waals surface area contributed by atoms with E-state index in [1.165, 1.54) is 6.42 Å². The lowest BCUT2D eigenvalue weighted by Gasteiger charge is -2.34. The highest BCUT2D eigenvalue weighted by Gasteiger charge is 2.24. The summed E-state index contributed by atoms with van der Waals surface area (Å²) in [6, 6.07) is 0.0887. The molecule has 1 saturated heterocycles. The molecule has 1 aromatic rings. The summed E-state index contributed by atoms with van der Waals surface area (Å²) in [7, 11) is 0. The zero-order valence-electron chi connectivity index (χ0n) is 12.8. The minimum absolute atomic E-state index is 0.0887. The van der Waals surface area contributed by atoms with Gasteiger partial charge in [0.25, 0.3) is 0 Å². The number of nitrogens with zero attached hydrogens (tertiary/aromatic N) is 3. The van der Waals surface area contributed by atoms with E-state index in [1.807, 2.05) is 24.2 Å². The summed E-state index contributed by atoms with van der Waals surface area (Å²) < 4.78 is 2.11. The molecular formula is C15H26N4O. The van der Waals surface area contributed by atoms with E-state index in [9.17, 15) is 4.79 Å². The summed E-state index contributed by atoms with van der Waals surface area (Å²) in [5.41, 5.74) is 0. The first kappa shape index (κ1) is 14.9. The van der Waals surface area contributed by atoms with Gasteiger partial charge in [0.1, 0.15) is 5.82 Å². The Morgan fingerprint density at radius 2 is 2.10 bits per heavy atom. The number of urea groups is 1. The number of aryl methyl sites for hydroxylation is 2. The fraction of sp³-hybridized carbons (Fsp3) is 0.733. The molecule has 20 heavy (non-hydrogen) atoms. The highest BCUT2D eigenvalue weighted by Crippen LogP contribution is 2.20. The van der Waals surface area contributed by atoms with Gasteiger partial charge >= 0.3 is 6.03 Å². The Bertz CT molecular complexity index is 433. The van der Waals surface area contributed by atoms with Gasteiger partial charge in [-0.1, -0.05) is 13.8 Å². The van der Waals surface area contributed by atoms with E-state index in [2.05, 4.69) is 28.7 Å². The molecule has 2 rings (SSSR count). The predicted molar refractivity (Wildman–Crippen MR) is 79.5 cm³/mol. The van der Waals surface area contributed by atoms with E-state index >= 15 is 0 Å². The van der Waals surface area contributed by atoms with Crippen molar-refractivity contribution < 1.29 is 4.79 Å². The van der Waals surface area contributed by atoms with Crippen LogP contribution in [0.1, 0.15) is 32.5 Å². The van der Waals surface area contributed by atoms with Crippen LogP contribution in [0.2, 0.25) is 0 Å². The Balaban J connectivity index is 1.68. The minimum atomic E-state index is 0.0887. The molecule has 0 aromatic carbocycles. The molecule has 112 valence electrons. The number of rotatable bonds is 4. The monoisotopic (exact) mass is 278 g/mol. The number of hydrogen-bond donors (Lipinski definition) is 1. The topological polar surface area (TPSA) is 50.2 Å². The largest absolute Gasteiger partial charge is 0.338 e. The summed E-state index contributed by atoms with van der Waals surface area (Å²) >= 11 is 0. The molecular weight excluding hydrogens is 252 g/mol. The van der Waals surface area contributed by atoms with Crippen LogP contribution in [0, 0.1) is 18.8 Å². The molecule has 2 unspecified atom stereocenters. The van der Waals surface area contributed by atoms with Crippen molar-refractivity contribution in [1.82, 2.24) is 19.8 Å². The van der Waals surface area contributed by atoms with Crippen LogP contribution in [0.3, 0.4) is 0 Å². The number of nitrogens with one attached hydrogen (secondary N) is 1. The van der Waals surface area contributed by atoms with Gasteiger partial charge in [-0.05, 0) is 31.6 Å². The maximum Gasteiger partial charge on any atom is 0.317 e.